The lowest BCUT2D eigenvalue weighted by Gasteiger charge is -2.12. The van der Waals surface area contributed by atoms with Gasteiger partial charge in [-0.1, -0.05) is 66.7 Å². The molecular formula is C23H20N2O2. The number of rotatable bonds is 5. The molecule has 0 unspecified atom stereocenters. The number of hydrogen-bond donors (Lipinski definition) is 2. The molecule has 0 saturated heterocycles. The maximum atomic E-state index is 11.8. The van der Waals surface area contributed by atoms with E-state index in [9.17, 15) is 9.90 Å². The summed E-state index contributed by atoms with van der Waals surface area (Å²) in [6.45, 7) is 1.65. The van der Waals surface area contributed by atoms with Gasteiger partial charge in [0.2, 0.25) is 0 Å². The Labute approximate surface area is 158 Å². The summed E-state index contributed by atoms with van der Waals surface area (Å²) in [5, 5.41) is 13.0. The molecule has 27 heavy (non-hydrogen) atoms. The minimum atomic E-state index is -0.911. The Balaban J connectivity index is 1.70. The number of carbonyl (C=O) groups is 1. The fourth-order valence-corrected chi connectivity index (χ4v) is 3.45. The van der Waals surface area contributed by atoms with Gasteiger partial charge in [0.25, 0.3) is 0 Å². The lowest BCUT2D eigenvalue weighted by Crippen LogP contribution is -2.21. The first kappa shape index (κ1) is 17.0. The van der Waals surface area contributed by atoms with Crippen molar-refractivity contribution in [1.82, 2.24) is 5.32 Å². The van der Waals surface area contributed by atoms with Crippen LogP contribution in [0.4, 0.5) is 0 Å². The number of nitrogens with one attached hydrogen (secondary N) is 1. The summed E-state index contributed by atoms with van der Waals surface area (Å²) in [5.41, 5.74) is 5.16. The van der Waals surface area contributed by atoms with Crippen molar-refractivity contribution >= 4 is 11.8 Å². The summed E-state index contributed by atoms with van der Waals surface area (Å²) in [7, 11) is 0. The fraction of sp³-hybridized carbons (Fsp3) is 0.130. The van der Waals surface area contributed by atoms with Crippen molar-refractivity contribution in [3.8, 4) is 11.1 Å². The third-order valence-corrected chi connectivity index (χ3v) is 4.74. The summed E-state index contributed by atoms with van der Waals surface area (Å²) < 4.78 is 0. The van der Waals surface area contributed by atoms with E-state index in [2.05, 4.69) is 22.4 Å². The van der Waals surface area contributed by atoms with Crippen LogP contribution in [0, 0.1) is 0 Å². The number of amidine groups is 1. The lowest BCUT2D eigenvalue weighted by atomic mass is 9.93. The molecular weight excluding hydrogens is 336 g/mol. The molecule has 0 radical (unpaired) electrons. The second kappa shape index (κ2) is 7.46. The molecule has 1 aliphatic rings. The molecule has 0 spiro atoms. The smallest absolute Gasteiger partial charge is 0.336 e. The molecule has 3 aromatic rings. The molecule has 4 nitrogen and oxygen atoms in total. The number of aromatic carboxylic acids is 1. The van der Waals surface area contributed by atoms with Crippen LogP contribution in [-0.4, -0.2) is 30.0 Å². The molecule has 0 aliphatic carbocycles. The molecule has 0 fully saturated rings. The van der Waals surface area contributed by atoms with Gasteiger partial charge in [0.15, 0.2) is 0 Å². The summed E-state index contributed by atoms with van der Waals surface area (Å²) in [6, 6.07) is 23.5. The monoisotopic (exact) mass is 356 g/mol. The van der Waals surface area contributed by atoms with E-state index in [0.29, 0.717) is 12.0 Å². The number of hydrogen-bond acceptors (Lipinski definition) is 3. The highest BCUT2D eigenvalue weighted by molar-refractivity contribution is 6.01. The van der Waals surface area contributed by atoms with Crippen LogP contribution in [0.3, 0.4) is 0 Å². The van der Waals surface area contributed by atoms with Gasteiger partial charge >= 0.3 is 5.97 Å². The van der Waals surface area contributed by atoms with Crippen LogP contribution in [0.25, 0.3) is 11.1 Å². The minimum Gasteiger partial charge on any atom is -0.478 e. The summed E-state index contributed by atoms with van der Waals surface area (Å²) in [6.07, 6.45) is 0.659. The van der Waals surface area contributed by atoms with Crippen molar-refractivity contribution in [1.29, 1.82) is 0 Å². The van der Waals surface area contributed by atoms with Crippen LogP contribution in [0.1, 0.15) is 27.0 Å². The number of nitrogens with zero attached hydrogens (tertiary/aromatic N) is 1. The van der Waals surface area contributed by atoms with Crippen LogP contribution >= 0.6 is 0 Å². The Morgan fingerprint density at radius 3 is 2.48 bits per heavy atom. The zero-order valence-electron chi connectivity index (χ0n) is 14.9. The van der Waals surface area contributed by atoms with E-state index in [0.717, 1.165) is 46.7 Å². The van der Waals surface area contributed by atoms with Crippen molar-refractivity contribution in [2.75, 3.05) is 13.1 Å². The zero-order chi connectivity index (χ0) is 18.6. The Kier molecular flexibility index (Phi) is 4.71. The lowest BCUT2D eigenvalue weighted by molar-refractivity contribution is 0.0697. The molecule has 1 aliphatic heterocycles. The minimum absolute atomic E-state index is 0.326. The average Bonchev–Trinajstić information content (AvgIpc) is 3.24. The van der Waals surface area contributed by atoms with Crippen LogP contribution in [0.2, 0.25) is 0 Å². The molecule has 0 amide bonds. The number of carboxylic acid groups (broad SMARTS) is 1. The highest BCUT2D eigenvalue weighted by Crippen LogP contribution is 2.26. The maximum absolute atomic E-state index is 11.8. The van der Waals surface area contributed by atoms with Gasteiger partial charge in [-0.25, -0.2) is 4.79 Å². The van der Waals surface area contributed by atoms with Crippen molar-refractivity contribution in [2.24, 2.45) is 4.99 Å². The van der Waals surface area contributed by atoms with Crippen LogP contribution in [-0.2, 0) is 6.42 Å². The average molecular weight is 356 g/mol. The van der Waals surface area contributed by atoms with E-state index in [1.165, 1.54) is 0 Å². The molecule has 0 aromatic heterocycles. The van der Waals surface area contributed by atoms with E-state index in [-0.39, 0.29) is 0 Å². The molecule has 0 atom stereocenters. The molecule has 4 rings (SSSR count). The largest absolute Gasteiger partial charge is 0.478 e. The van der Waals surface area contributed by atoms with Crippen molar-refractivity contribution in [3.05, 3.63) is 95.1 Å². The summed E-state index contributed by atoms with van der Waals surface area (Å²) >= 11 is 0. The first-order chi connectivity index (χ1) is 13.2. The molecule has 0 bridgehead atoms. The highest BCUT2D eigenvalue weighted by Gasteiger charge is 2.15. The molecule has 2 N–H and O–H groups in total. The predicted molar refractivity (Wildman–Crippen MR) is 107 cm³/mol. The van der Waals surface area contributed by atoms with Crippen molar-refractivity contribution in [3.63, 3.8) is 0 Å². The normalized spacial score (nSPS) is 13.1. The SMILES string of the molecule is O=C(O)c1cc(Cc2ccccc2C2=NCCN2)ccc1-c1ccccc1. The van der Waals surface area contributed by atoms with Gasteiger partial charge in [-0.15, -0.1) is 0 Å². The third-order valence-electron chi connectivity index (χ3n) is 4.74. The zero-order valence-corrected chi connectivity index (χ0v) is 14.9. The van der Waals surface area contributed by atoms with E-state index >= 15 is 0 Å². The van der Waals surface area contributed by atoms with Crippen molar-refractivity contribution in [2.45, 2.75) is 6.42 Å². The molecule has 0 saturated carbocycles. The predicted octanol–water partition coefficient (Wildman–Crippen LogP) is 3.99. The van der Waals surface area contributed by atoms with Gasteiger partial charge in [0, 0.05) is 12.1 Å². The van der Waals surface area contributed by atoms with Gasteiger partial charge in [0.1, 0.15) is 5.84 Å². The Bertz CT molecular complexity index is 1010. The first-order valence-electron chi connectivity index (χ1n) is 9.00. The molecule has 134 valence electrons. The Morgan fingerprint density at radius 2 is 1.74 bits per heavy atom. The van der Waals surface area contributed by atoms with Gasteiger partial charge in [-0.2, -0.15) is 0 Å². The van der Waals surface area contributed by atoms with Crippen LogP contribution in [0.15, 0.2) is 77.8 Å². The van der Waals surface area contributed by atoms with Gasteiger partial charge in [-0.3, -0.25) is 4.99 Å². The quantitative estimate of drug-likeness (QED) is 0.726. The maximum Gasteiger partial charge on any atom is 0.336 e. The van der Waals surface area contributed by atoms with Gasteiger partial charge in [0.05, 0.1) is 12.1 Å². The Hall–Kier alpha value is -3.40. The standard InChI is InChI=1S/C23H20N2O2/c26-23(27)21-15-16(10-11-19(21)17-6-2-1-3-7-17)14-18-8-4-5-9-20(18)22-24-12-13-25-22/h1-11,15H,12-14H2,(H,24,25)(H,26,27). The molecule has 4 heteroatoms. The van der Waals surface area contributed by atoms with E-state index in [4.69, 9.17) is 0 Å². The second-order valence-corrected chi connectivity index (χ2v) is 6.54. The third kappa shape index (κ3) is 3.60. The fourth-order valence-electron chi connectivity index (χ4n) is 3.45. The van der Waals surface area contributed by atoms with Crippen LogP contribution in [0.5, 0.6) is 0 Å². The molecule has 1 heterocycles. The van der Waals surface area contributed by atoms with Gasteiger partial charge in [-0.05, 0) is 34.7 Å². The summed E-state index contributed by atoms with van der Waals surface area (Å²) in [4.78, 5) is 16.4. The highest BCUT2D eigenvalue weighted by atomic mass is 16.4. The van der Waals surface area contributed by atoms with Crippen molar-refractivity contribution < 1.29 is 9.90 Å². The van der Waals surface area contributed by atoms with E-state index < -0.39 is 5.97 Å². The molecule has 3 aromatic carbocycles. The van der Waals surface area contributed by atoms with E-state index in [1.807, 2.05) is 54.6 Å². The summed E-state index contributed by atoms with van der Waals surface area (Å²) in [5.74, 6) is 0.00999. The Morgan fingerprint density at radius 1 is 0.963 bits per heavy atom. The first-order valence-corrected chi connectivity index (χ1v) is 9.00. The number of benzene rings is 3. The topological polar surface area (TPSA) is 61.7 Å². The number of aliphatic imine (C=N–C) groups is 1. The van der Waals surface area contributed by atoms with E-state index in [1.54, 1.807) is 6.07 Å². The second-order valence-electron chi connectivity index (χ2n) is 6.54. The van der Waals surface area contributed by atoms with Gasteiger partial charge < -0.3 is 10.4 Å². The van der Waals surface area contributed by atoms with Crippen LogP contribution < -0.4 is 5.32 Å². The number of carboxylic acids is 1.